The highest BCUT2D eigenvalue weighted by Crippen LogP contribution is 2.44. The summed E-state index contributed by atoms with van der Waals surface area (Å²) in [4.78, 5) is 0. The van der Waals surface area contributed by atoms with Gasteiger partial charge in [-0.05, 0) is 59.1 Å². The van der Waals surface area contributed by atoms with Crippen LogP contribution in [0.2, 0.25) is 0 Å². The highest BCUT2D eigenvalue weighted by molar-refractivity contribution is 5.53. The molecular weight excluding hydrogens is 528 g/mol. The topological polar surface area (TPSA) is 0 Å². The summed E-state index contributed by atoms with van der Waals surface area (Å²) in [5.41, 5.74) is 8.48. The standard InChI is InChI=1S/C44H42/c1-2-4-10-21-35(22-11-5-3-1)36-23-12-6-7-13-24-38(34-33-36)40-27-14-8-9-15-29-43(44-31-19-18-30-41(40)44)42-32-20-26-37-25-16-17-28-39(37)42/h1-10,12-21,23-32,37,39,41,44H,11,22,33-34H2/b2-1-,5-3+,10-4-,12-6-,13-7-,14-8-,15-9-,35-21-,36-23-,38-24-,40-27+,43-29+. The van der Waals surface area contributed by atoms with E-state index >= 15 is 0 Å². The van der Waals surface area contributed by atoms with Crippen LogP contribution in [0.25, 0.3) is 0 Å². The van der Waals surface area contributed by atoms with Crippen LogP contribution in [0.1, 0.15) is 25.7 Å². The third kappa shape index (κ3) is 7.26. The molecule has 0 radical (unpaired) electrons. The van der Waals surface area contributed by atoms with Gasteiger partial charge >= 0.3 is 0 Å². The van der Waals surface area contributed by atoms with Gasteiger partial charge in [0, 0.05) is 23.7 Å². The summed E-state index contributed by atoms with van der Waals surface area (Å²) in [5, 5.41) is 0. The Morgan fingerprint density at radius 3 is 1.52 bits per heavy atom. The zero-order valence-electron chi connectivity index (χ0n) is 25.5. The lowest BCUT2D eigenvalue weighted by molar-refractivity contribution is 0.565. The first-order chi connectivity index (χ1) is 21.9. The van der Waals surface area contributed by atoms with Crippen molar-refractivity contribution >= 4 is 0 Å². The molecule has 6 rings (SSSR count). The van der Waals surface area contributed by atoms with Gasteiger partial charge in [0.25, 0.3) is 0 Å². The Hall–Kier alpha value is -4.68. The van der Waals surface area contributed by atoms with Gasteiger partial charge < -0.3 is 0 Å². The molecule has 44 heavy (non-hydrogen) atoms. The van der Waals surface area contributed by atoms with E-state index in [9.17, 15) is 0 Å². The second-order valence-electron chi connectivity index (χ2n) is 11.8. The zero-order chi connectivity index (χ0) is 29.8. The van der Waals surface area contributed by atoms with Crippen LogP contribution in [0, 0.1) is 23.7 Å². The second kappa shape index (κ2) is 15.2. The van der Waals surface area contributed by atoms with Gasteiger partial charge in [0.15, 0.2) is 0 Å². The number of hydrogen-bond donors (Lipinski definition) is 0. The molecule has 6 aliphatic rings. The van der Waals surface area contributed by atoms with E-state index in [2.05, 4.69) is 182 Å². The van der Waals surface area contributed by atoms with E-state index in [0.717, 1.165) is 25.7 Å². The molecule has 218 valence electrons. The Morgan fingerprint density at radius 1 is 0.318 bits per heavy atom. The summed E-state index contributed by atoms with van der Waals surface area (Å²) in [6, 6.07) is 0. The van der Waals surface area contributed by atoms with Crippen LogP contribution in [0.5, 0.6) is 0 Å². The number of allylic oxidation sites excluding steroid dienone is 36. The van der Waals surface area contributed by atoms with Crippen molar-refractivity contribution in [2.75, 3.05) is 0 Å². The molecule has 0 fully saturated rings. The molecule has 4 atom stereocenters. The van der Waals surface area contributed by atoms with Gasteiger partial charge in [0.2, 0.25) is 0 Å². The van der Waals surface area contributed by atoms with E-state index in [-0.39, 0.29) is 11.8 Å². The van der Waals surface area contributed by atoms with Crippen LogP contribution >= 0.6 is 0 Å². The summed E-state index contributed by atoms with van der Waals surface area (Å²) < 4.78 is 0. The molecule has 0 spiro atoms. The van der Waals surface area contributed by atoms with Crippen molar-refractivity contribution < 1.29 is 0 Å². The van der Waals surface area contributed by atoms with Crippen molar-refractivity contribution in [2.24, 2.45) is 23.7 Å². The molecule has 0 saturated heterocycles. The van der Waals surface area contributed by atoms with Gasteiger partial charge in [-0.1, -0.05) is 182 Å². The molecule has 0 heterocycles. The van der Waals surface area contributed by atoms with Crippen LogP contribution in [-0.4, -0.2) is 0 Å². The van der Waals surface area contributed by atoms with Gasteiger partial charge in [-0.3, -0.25) is 0 Å². The van der Waals surface area contributed by atoms with Gasteiger partial charge in [-0.2, -0.15) is 0 Å². The Kier molecular flexibility index (Phi) is 10.1. The normalized spacial score (nSPS) is 38.8. The number of fused-ring (bicyclic) bond motifs is 2. The predicted octanol–water partition coefficient (Wildman–Crippen LogP) is 11.3. The van der Waals surface area contributed by atoms with E-state index in [1.54, 1.807) is 0 Å². The summed E-state index contributed by atoms with van der Waals surface area (Å²) in [6.07, 6.45) is 71.6. The Bertz CT molecular complexity index is 1640. The average molecular weight is 571 g/mol. The highest BCUT2D eigenvalue weighted by Gasteiger charge is 2.33. The zero-order valence-corrected chi connectivity index (χ0v) is 25.5. The first-order valence-corrected chi connectivity index (χ1v) is 16.2. The molecule has 0 aromatic heterocycles. The van der Waals surface area contributed by atoms with Gasteiger partial charge in [-0.25, -0.2) is 0 Å². The van der Waals surface area contributed by atoms with Crippen LogP contribution in [0.15, 0.2) is 216 Å². The molecule has 0 heteroatoms. The third-order valence-electron chi connectivity index (χ3n) is 9.05. The lowest BCUT2D eigenvalue weighted by Crippen LogP contribution is -2.24. The summed E-state index contributed by atoms with van der Waals surface area (Å²) in [5.74, 6) is 1.28. The lowest BCUT2D eigenvalue weighted by atomic mass is 9.68. The largest absolute Gasteiger partial charge is 0.0842 e. The van der Waals surface area contributed by atoms with Gasteiger partial charge in [0.05, 0.1) is 0 Å². The maximum absolute atomic E-state index is 2.42. The van der Waals surface area contributed by atoms with Crippen molar-refractivity contribution in [3.8, 4) is 0 Å². The van der Waals surface area contributed by atoms with E-state index in [1.807, 2.05) is 0 Å². The molecule has 6 aliphatic carbocycles. The first kappa shape index (κ1) is 29.4. The van der Waals surface area contributed by atoms with Crippen LogP contribution in [0.3, 0.4) is 0 Å². The van der Waals surface area contributed by atoms with Crippen molar-refractivity contribution in [3.05, 3.63) is 216 Å². The smallest absolute Gasteiger partial charge is 0.0128 e. The fraction of sp³-hybridized carbons (Fsp3) is 0.182. The summed E-state index contributed by atoms with van der Waals surface area (Å²) in [7, 11) is 0. The minimum absolute atomic E-state index is 0.244. The Balaban J connectivity index is 1.34. The van der Waals surface area contributed by atoms with Crippen molar-refractivity contribution in [2.45, 2.75) is 25.7 Å². The minimum atomic E-state index is 0.244. The molecule has 0 bridgehead atoms. The molecular formula is C44H42. The molecule has 0 nitrogen and oxygen atoms in total. The molecule has 0 N–H and O–H groups in total. The van der Waals surface area contributed by atoms with Crippen molar-refractivity contribution in [1.82, 2.24) is 0 Å². The monoisotopic (exact) mass is 570 g/mol. The lowest BCUT2D eigenvalue weighted by Gasteiger charge is -2.35. The highest BCUT2D eigenvalue weighted by atomic mass is 14.4. The average Bonchev–Trinajstić information content (AvgIpc) is 3.07. The molecule has 0 amide bonds. The van der Waals surface area contributed by atoms with Gasteiger partial charge in [0.1, 0.15) is 0 Å². The van der Waals surface area contributed by atoms with E-state index in [0.29, 0.717) is 11.8 Å². The van der Waals surface area contributed by atoms with Crippen LogP contribution < -0.4 is 0 Å². The fourth-order valence-corrected chi connectivity index (χ4v) is 6.83. The van der Waals surface area contributed by atoms with Crippen molar-refractivity contribution in [1.29, 1.82) is 0 Å². The molecule has 0 aliphatic heterocycles. The maximum Gasteiger partial charge on any atom is 0.0128 e. The Morgan fingerprint density at radius 2 is 0.773 bits per heavy atom. The number of hydrogen-bond acceptors (Lipinski definition) is 0. The third-order valence-corrected chi connectivity index (χ3v) is 9.05. The SMILES string of the molecule is C1=CC2C=CC=C(\C3=C/C=C\C=C/C=C(\C4=C/C=C\C=C/C=C(\C5=C/C=C\C=C/C=C/CC5)CC4)C4C=CC=CC34)C2C=C1. The quantitative estimate of drug-likeness (QED) is 0.317. The van der Waals surface area contributed by atoms with E-state index in [1.165, 1.54) is 33.4 Å². The van der Waals surface area contributed by atoms with Crippen LogP contribution in [0.4, 0.5) is 0 Å². The molecule has 0 aromatic carbocycles. The predicted molar refractivity (Wildman–Crippen MR) is 191 cm³/mol. The van der Waals surface area contributed by atoms with Crippen molar-refractivity contribution in [3.63, 3.8) is 0 Å². The van der Waals surface area contributed by atoms with Crippen LogP contribution in [-0.2, 0) is 0 Å². The van der Waals surface area contributed by atoms with Gasteiger partial charge in [-0.15, -0.1) is 0 Å². The summed E-state index contributed by atoms with van der Waals surface area (Å²) in [6.45, 7) is 0. The fourth-order valence-electron chi connectivity index (χ4n) is 6.83. The minimum Gasteiger partial charge on any atom is -0.0842 e. The molecule has 0 aromatic rings. The number of rotatable bonds is 3. The second-order valence-corrected chi connectivity index (χ2v) is 11.8. The molecule has 4 unspecified atom stereocenters. The maximum atomic E-state index is 2.42. The van der Waals surface area contributed by atoms with E-state index in [4.69, 9.17) is 0 Å². The first-order valence-electron chi connectivity index (χ1n) is 16.2. The summed E-state index contributed by atoms with van der Waals surface area (Å²) >= 11 is 0. The molecule has 0 saturated carbocycles. The van der Waals surface area contributed by atoms with E-state index < -0.39 is 0 Å². The Labute approximate surface area is 264 Å².